The van der Waals surface area contributed by atoms with Crippen molar-refractivity contribution in [1.82, 2.24) is 0 Å². The normalized spacial score (nSPS) is 10.5. The van der Waals surface area contributed by atoms with E-state index in [9.17, 15) is 0 Å². The van der Waals surface area contributed by atoms with Gasteiger partial charge in [0.25, 0.3) is 0 Å². The largest absolute Gasteiger partial charge is 0.356 e. The topological polar surface area (TPSA) is 24.1 Å². The van der Waals surface area contributed by atoms with Crippen LogP contribution in [-0.4, -0.2) is 0 Å². The number of hydrogen-bond acceptors (Lipinski definition) is 2. The fourth-order valence-corrected chi connectivity index (χ4v) is 5.35. The molecule has 0 amide bonds. The molecule has 0 aliphatic heterocycles. The van der Waals surface area contributed by atoms with Gasteiger partial charge in [0.05, 0.1) is 0 Å². The minimum Gasteiger partial charge on any atom is -0.356 e. The number of para-hydroxylation sites is 3. The highest BCUT2D eigenvalue weighted by Gasteiger charge is 2.09. The van der Waals surface area contributed by atoms with Crippen LogP contribution < -0.4 is 10.6 Å². The van der Waals surface area contributed by atoms with Crippen LogP contribution in [0.15, 0.2) is 109 Å². The quantitative estimate of drug-likeness (QED) is 0.118. The average molecular weight is 563 g/mol. The number of aryl methyl sites for hydroxylation is 1. The maximum Gasteiger partial charge on any atom is 0.0419 e. The van der Waals surface area contributed by atoms with E-state index in [4.69, 9.17) is 0 Å². The van der Waals surface area contributed by atoms with Gasteiger partial charge in [-0.3, -0.25) is 0 Å². The molecule has 0 saturated heterocycles. The van der Waals surface area contributed by atoms with Crippen LogP contribution in [0.25, 0.3) is 0 Å². The number of unbranched alkanes of at least 4 members (excludes halogenated alkanes) is 10. The van der Waals surface area contributed by atoms with Crippen molar-refractivity contribution in [2.45, 2.75) is 104 Å². The van der Waals surface area contributed by atoms with Crippen LogP contribution in [0.2, 0.25) is 0 Å². The van der Waals surface area contributed by atoms with Crippen LogP contribution in [0, 0.1) is 0 Å². The van der Waals surface area contributed by atoms with E-state index in [1.807, 2.05) is 60.7 Å². The maximum absolute atomic E-state index is 3.69. The Morgan fingerprint density at radius 3 is 1.31 bits per heavy atom. The molecule has 0 aliphatic rings. The standard InChI is InChI=1S/C28H43N.C12H11N/c1-3-5-7-9-11-14-19-25-20-18-24-28(29-26-21-15-13-16-22-26)27(25)23-17-12-10-8-6-4-2;1-3-7-11(8-4-1)13-12-9-5-2-6-10-12/h13,15-16,18,20-22,24,29H,3-12,14,17,19,23H2,1-2H3;1-10,13H. The lowest BCUT2D eigenvalue weighted by Crippen LogP contribution is -2.02. The molecule has 0 saturated carbocycles. The van der Waals surface area contributed by atoms with Crippen molar-refractivity contribution in [2.24, 2.45) is 0 Å². The van der Waals surface area contributed by atoms with Crippen LogP contribution in [-0.2, 0) is 12.8 Å². The second kappa shape index (κ2) is 21.2. The maximum atomic E-state index is 3.69. The zero-order chi connectivity index (χ0) is 29.5. The van der Waals surface area contributed by atoms with Crippen molar-refractivity contribution < 1.29 is 0 Å². The van der Waals surface area contributed by atoms with Gasteiger partial charge in [0.15, 0.2) is 0 Å². The SMILES string of the molecule is CCCCCCCCc1cccc(Nc2ccccc2)c1CCCCCCCC.c1ccc(Nc2ccccc2)cc1. The molecule has 0 bridgehead atoms. The van der Waals surface area contributed by atoms with Crippen LogP contribution in [0.1, 0.15) is 102 Å². The van der Waals surface area contributed by atoms with E-state index in [0.29, 0.717) is 0 Å². The fourth-order valence-electron chi connectivity index (χ4n) is 5.35. The van der Waals surface area contributed by atoms with Crippen molar-refractivity contribution in [1.29, 1.82) is 0 Å². The number of anilines is 4. The molecule has 0 heterocycles. The van der Waals surface area contributed by atoms with Gasteiger partial charge in [-0.1, -0.05) is 145 Å². The molecule has 2 nitrogen and oxygen atoms in total. The molecule has 4 aromatic rings. The second-order valence-corrected chi connectivity index (χ2v) is 11.3. The average Bonchev–Trinajstić information content (AvgIpc) is 3.03. The van der Waals surface area contributed by atoms with Gasteiger partial charge in [-0.2, -0.15) is 0 Å². The molecule has 42 heavy (non-hydrogen) atoms. The third-order valence-electron chi connectivity index (χ3n) is 7.74. The van der Waals surface area contributed by atoms with E-state index in [1.165, 1.54) is 101 Å². The lowest BCUT2D eigenvalue weighted by Gasteiger charge is -2.17. The summed E-state index contributed by atoms with van der Waals surface area (Å²) in [6.07, 6.45) is 18.8. The highest BCUT2D eigenvalue weighted by atomic mass is 14.9. The summed E-state index contributed by atoms with van der Waals surface area (Å²) in [6.45, 7) is 4.58. The van der Waals surface area contributed by atoms with Gasteiger partial charge < -0.3 is 10.6 Å². The Morgan fingerprint density at radius 1 is 0.381 bits per heavy atom. The lowest BCUT2D eigenvalue weighted by molar-refractivity contribution is 0.599. The molecule has 0 radical (unpaired) electrons. The minimum atomic E-state index is 1.12. The summed E-state index contributed by atoms with van der Waals surface area (Å²) in [7, 11) is 0. The summed E-state index contributed by atoms with van der Waals surface area (Å²) in [5.41, 5.74) is 7.86. The van der Waals surface area contributed by atoms with Crippen LogP contribution in [0.4, 0.5) is 22.7 Å². The van der Waals surface area contributed by atoms with Gasteiger partial charge >= 0.3 is 0 Å². The molecular formula is C40H54N2. The summed E-state index contributed by atoms with van der Waals surface area (Å²) in [5.74, 6) is 0. The molecule has 2 heteroatoms. The van der Waals surface area contributed by atoms with Crippen molar-refractivity contribution in [2.75, 3.05) is 10.6 Å². The number of nitrogens with one attached hydrogen (secondary N) is 2. The predicted octanol–water partition coefficient (Wildman–Crippen LogP) is 12.7. The van der Waals surface area contributed by atoms with Gasteiger partial charge in [0.2, 0.25) is 0 Å². The summed E-state index contributed by atoms with van der Waals surface area (Å²) in [5, 5.41) is 7.00. The third kappa shape index (κ3) is 13.4. The molecule has 0 unspecified atom stereocenters. The Bertz CT molecular complexity index is 1150. The fraction of sp³-hybridized carbons (Fsp3) is 0.400. The van der Waals surface area contributed by atoms with E-state index >= 15 is 0 Å². The van der Waals surface area contributed by atoms with Gasteiger partial charge in [-0.15, -0.1) is 0 Å². The Hall–Kier alpha value is -3.52. The zero-order valence-corrected chi connectivity index (χ0v) is 26.3. The summed E-state index contributed by atoms with van der Waals surface area (Å²) < 4.78 is 0. The first-order valence-corrected chi connectivity index (χ1v) is 16.6. The smallest absolute Gasteiger partial charge is 0.0419 e. The van der Waals surface area contributed by atoms with E-state index in [1.54, 1.807) is 11.1 Å². The molecule has 0 fully saturated rings. The second-order valence-electron chi connectivity index (χ2n) is 11.3. The Balaban J connectivity index is 0.000000307. The van der Waals surface area contributed by atoms with Gasteiger partial charge in [-0.05, 0) is 79.3 Å². The first kappa shape index (κ1) is 33.0. The number of rotatable bonds is 18. The molecule has 224 valence electrons. The minimum absolute atomic E-state index is 1.12. The Morgan fingerprint density at radius 2 is 0.810 bits per heavy atom. The van der Waals surface area contributed by atoms with E-state index in [2.05, 4.69) is 73.0 Å². The molecule has 2 N–H and O–H groups in total. The van der Waals surface area contributed by atoms with Crippen molar-refractivity contribution in [3.63, 3.8) is 0 Å². The monoisotopic (exact) mass is 562 g/mol. The Labute approximate surface area is 257 Å². The summed E-state index contributed by atoms with van der Waals surface area (Å²) >= 11 is 0. The van der Waals surface area contributed by atoms with E-state index in [-0.39, 0.29) is 0 Å². The molecule has 0 atom stereocenters. The molecule has 0 aromatic heterocycles. The summed E-state index contributed by atoms with van der Waals surface area (Å²) in [6, 6.07) is 37.8. The number of benzene rings is 4. The van der Waals surface area contributed by atoms with Crippen LogP contribution in [0.3, 0.4) is 0 Å². The number of hydrogen-bond donors (Lipinski definition) is 2. The highest BCUT2D eigenvalue weighted by Crippen LogP contribution is 2.27. The predicted molar refractivity (Wildman–Crippen MR) is 186 cm³/mol. The molecule has 4 aromatic carbocycles. The van der Waals surface area contributed by atoms with E-state index < -0.39 is 0 Å². The van der Waals surface area contributed by atoms with Crippen molar-refractivity contribution in [3.05, 3.63) is 120 Å². The van der Waals surface area contributed by atoms with Gasteiger partial charge in [-0.25, -0.2) is 0 Å². The van der Waals surface area contributed by atoms with Gasteiger partial charge in [0, 0.05) is 22.7 Å². The first-order valence-electron chi connectivity index (χ1n) is 16.6. The molecular weight excluding hydrogens is 508 g/mol. The summed E-state index contributed by atoms with van der Waals surface area (Å²) in [4.78, 5) is 0. The van der Waals surface area contributed by atoms with Gasteiger partial charge in [0.1, 0.15) is 0 Å². The zero-order valence-electron chi connectivity index (χ0n) is 26.3. The van der Waals surface area contributed by atoms with E-state index in [0.717, 1.165) is 11.4 Å². The third-order valence-corrected chi connectivity index (χ3v) is 7.74. The van der Waals surface area contributed by atoms with Crippen molar-refractivity contribution in [3.8, 4) is 0 Å². The van der Waals surface area contributed by atoms with Crippen LogP contribution >= 0.6 is 0 Å². The van der Waals surface area contributed by atoms with Crippen molar-refractivity contribution >= 4 is 22.7 Å². The lowest BCUT2D eigenvalue weighted by atomic mass is 9.94. The molecule has 0 aliphatic carbocycles. The highest BCUT2D eigenvalue weighted by molar-refractivity contribution is 5.65. The molecule has 4 rings (SSSR count). The Kier molecular flexibility index (Phi) is 16.7. The molecule has 0 spiro atoms. The van der Waals surface area contributed by atoms with Crippen LogP contribution in [0.5, 0.6) is 0 Å². The first-order chi connectivity index (χ1) is 20.8.